The van der Waals surface area contributed by atoms with Gasteiger partial charge in [-0.05, 0) is 89.5 Å². The molecular formula is C58H105N2O7P. The van der Waals surface area contributed by atoms with E-state index in [9.17, 15) is 19.0 Å². The normalized spacial score (nSPS) is 14.4. The molecule has 394 valence electrons. The summed E-state index contributed by atoms with van der Waals surface area (Å²) in [4.78, 5) is 39.7. The molecule has 0 bridgehead atoms. The van der Waals surface area contributed by atoms with Crippen molar-refractivity contribution in [1.29, 1.82) is 0 Å². The van der Waals surface area contributed by atoms with Gasteiger partial charge in [0.1, 0.15) is 19.3 Å². The third-order valence-electron chi connectivity index (χ3n) is 11.9. The van der Waals surface area contributed by atoms with Gasteiger partial charge in [-0.3, -0.25) is 14.2 Å². The Morgan fingerprint density at radius 1 is 0.515 bits per heavy atom. The number of carbonyl (C=O) groups excluding carboxylic acids is 2. The van der Waals surface area contributed by atoms with E-state index in [1.165, 1.54) is 116 Å². The number of allylic oxidation sites excluding steroid dienone is 11. The van der Waals surface area contributed by atoms with E-state index >= 15 is 0 Å². The number of carbonyl (C=O) groups is 2. The Bertz CT molecular complexity index is 1400. The Morgan fingerprint density at radius 3 is 1.40 bits per heavy atom. The molecule has 0 rings (SSSR count). The highest BCUT2D eigenvalue weighted by molar-refractivity contribution is 7.45. The van der Waals surface area contributed by atoms with Crippen molar-refractivity contribution in [3.8, 4) is 0 Å². The minimum absolute atomic E-state index is 0.0368. The second kappa shape index (κ2) is 48.1. The van der Waals surface area contributed by atoms with Crippen molar-refractivity contribution in [3.05, 3.63) is 72.9 Å². The molecule has 0 aromatic carbocycles. The number of phosphoric ester groups is 1. The quantitative estimate of drug-likeness (QED) is 0.0212. The van der Waals surface area contributed by atoms with Crippen LogP contribution in [0.4, 0.5) is 0 Å². The molecule has 0 aromatic heterocycles. The summed E-state index contributed by atoms with van der Waals surface area (Å²) in [6.07, 6.45) is 60.2. The maximum atomic E-state index is 13.4. The number of hydrogen-bond donors (Lipinski definition) is 1. The fourth-order valence-electron chi connectivity index (χ4n) is 7.52. The first-order valence-electron chi connectivity index (χ1n) is 27.7. The predicted molar refractivity (Wildman–Crippen MR) is 288 cm³/mol. The lowest BCUT2D eigenvalue weighted by atomic mass is 10.1. The maximum Gasteiger partial charge on any atom is 0.306 e. The van der Waals surface area contributed by atoms with Crippen LogP contribution < -0.4 is 10.2 Å². The first-order valence-corrected chi connectivity index (χ1v) is 29.2. The van der Waals surface area contributed by atoms with Crippen molar-refractivity contribution >= 4 is 19.7 Å². The molecule has 0 fully saturated rings. The SMILES string of the molecule is CCCCC/C=C\C/C=C\C/C=C\CCCCCCC(=O)NC(COP(=O)([O-])OCC[N+](C)(C)C)C(/C=C\CCCCCCCCCCCC)OC(=O)CC/C=C/C/C=C\CCCCCCCC. The van der Waals surface area contributed by atoms with Gasteiger partial charge in [-0.1, -0.05) is 203 Å². The molecule has 3 unspecified atom stereocenters. The van der Waals surface area contributed by atoms with E-state index in [0.717, 1.165) is 70.6 Å². The molecule has 0 spiro atoms. The van der Waals surface area contributed by atoms with Crippen molar-refractivity contribution in [2.45, 2.75) is 245 Å². The van der Waals surface area contributed by atoms with E-state index in [1.54, 1.807) is 6.08 Å². The number of ether oxygens (including phenoxy) is 1. The molecule has 0 aliphatic heterocycles. The van der Waals surface area contributed by atoms with Crippen LogP contribution in [0.15, 0.2) is 72.9 Å². The van der Waals surface area contributed by atoms with E-state index in [4.69, 9.17) is 13.8 Å². The zero-order valence-electron chi connectivity index (χ0n) is 44.8. The van der Waals surface area contributed by atoms with E-state index in [1.807, 2.05) is 33.3 Å². The Labute approximate surface area is 419 Å². The lowest BCUT2D eigenvalue weighted by Crippen LogP contribution is -2.47. The topological polar surface area (TPSA) is 114 Å². The Kier molecular flexibility index (Phi) is 46.3. The van der Waals surface area contributed by atoms with Gasteiger partial charge >= 0.3 is 5.97 Å². The van der Waals surface area contributed by atoms with Gasteiger partial charge < -0.3 is 28.5 Å². The summed E-state index contributed by atoms with van der Waals surface area (Å²) >= 11 is 0. The number of phosphoric acid groups is 1. The average molecular weight is 973 g/mol. The third-order valence-corrected chi connectivity index (χ3v) is 12.8. The first-order chi connectivity index (χ1) is 32.9. The molecule has 68 heavy (non-hydrogen) atoms. The number of hydrogen-bond acceptors (Lipinski definition) is 7. The number of nitrogens with zero attached hydrogens (tertiary/aromatic N) is 1. The van der Waals surface area contributed by atoms with Crippen LogP contribution in [-0.4, -0.2) is 69.4 Å². The number of amides is 1. The third kappa shape index (κ3) is 48.5. The minimum Gasteiger partial charge on any atom is -0.756 e. The number of unbranched alkanes of at least 4 members (excludes halogenated alkanes) is 23. The highest BCUT2D eigenvalue weighted by Gasteiger charge is 2.27. The van der Waals surface area contributed by atoms with Gasteiger partial charge in [0.15, 0.2) is 0 Å². The molecule has 0 saturated carbocycles. The average Bonchev–Trinajstić information content (AvgIpc) is 3.29. The monoisotopic (exact) mass is 973 g/mol. The Hall–Kier alpha value is -2.55. The van der Waals surface area contributed by atoms with Crippen molar-refractivity contribution in [2.24, 2.45) is 0 Å². The molecule has 10 heteroatoms. The van der Waals surface area contributed by atoms with Crippen molar-refractivity contribution < 1.29 is 37.3 Å². The van der Waals surface area contributed by atoms with E-state index in [-0.39, 0.29) is 25.4 Å². The van der Waals surface area contributed by atoms with E-state index in [0.29, 0.717) is 23.9 Å². The number of nitrogens with one attached hydrogen (secondary N) is 1. The maximum absolute atomic E-state index is 13.4. The highest BCUT2D eigenvalue weighted by Crippen LogP contribution is 2.38. The minimum atomic E-state index is -4.71. The standard InChI is InChI=1S/C58H105N2O7P/c1-7-10-13-16-19-22-25-28-29-30-31-33-35-38-41-44-47-50-57(61)59-55(54-66-68(63,64)65-53-52-60(4,5)6)56(49-46-43-40-37-34-27-24-21-18-15-12-9-3)67-58(62)51-48-45-42-39-36-32-26-23-20-17-14-11-8-2/h19,22,28-29,31-33,36,42,45-46,49,55-56H,7-18,20-21,23-27,30,34-35,37-41,43-44,47-48,50-54H2,1-6H3,(H-,59,61,63,64)/b22-19-,29-28-,33-31-,36-32-,45-42+,49-46-. The van der Waals surface area contributed by atoms with Gasteiger partial charge in [-0.25, -0.2) is 0 Å². The largest absolute Gasteiger partial charge is 0.756 e. The van der Waals surface area contributed by atoms with Crippen molar-refractivity contribution in [2.75, 3.05) is 40.9 Å². The van der Waals surface area contributed by atoms with Crippen LogP contribution in [0, 0.1) is 0 Å². The summed E-state index contributed by atoms with van der Waals surface area (Å²) in [5.74, 6) is -0.648. The van der Waals surface area contributed by atoms with Crippen LogP contribution in [0.1, 0.15) is 233 Å². The molecule has 1 N–H and O–H groups in total. The van der Waals surface area contributed by atoms with Crippen molar-refractivity contribution in [3.63, 3.8) is 0 Å². The summed E-state index contributed by atoms with van der Waals surface area (Å²) in [7, 11) is 1.14. The molecule has 0 aromatic rings. The predicted octanol–water partition coefficient (Wildman–Crippen LogP) is 15.9. The molecule has 0 aliphatic carbocycles. The molecule has 0 heterocycles. The lowest BCUT2D eigenvalue weighted by Gasteiger charge is -2.30. The van der Waals surface area contributed by atoms with Crippen LogP contribution in [0.2, 0.25) is 0 Å². The van der Waals surface area contributed by atoms with Crippen LogP contribution in [0.3, 0.4) is 0 Å². The van der Waals surface area contributed by atoms with Crippen LogP contribution in [-0.2, 0) is 27.9 Å². The number of rotatable bonds is 49. The van der Waals surface area contributed by atoms with Gasteiger partial charge in [-0.2, -0.15) is 0 Å². The van der Waals surface area contributed by atoms with Crippen molar-refractivity contribution in [1.82, 2.24) is 5.32 Å². The smallest absolute Gasteiger partial charge is 0.306 e. The Morgan fingerprint density at radius 2 is 0.912 bits per heavy atom. The zero-order valence-corrected chi connectivity index (χ0v) is 45.7. The molecule has 0 aliphatic rings. The van der Waals surface area contributed by atoms with Gasteiger partial charge in [0.05, 0.1) is 33.8 Å². The second-order valence-corrected chi connectivity index (χ2v) is 21.1. The number of esters is 1. The summed E-state index contributed by atoms with van der Waals surface area (Å²) in [6.45, 7) is 6.73. The lowest BCUT2D eigenvalue weighted by molar-refractivity contribution is -0.870. The Balaban J connectivity index is 5.49. The molecule has 3 atom stereocenters. The van der Waals surface area contributed by atoms with Crippen LogP contribution in [0.25, 0.3) is 0 Å². The number of quaternary nitrogens is 1. The molecule has 1 amide bonds. The van der Waals surface area contributed by atoms with Gasteiger partial charge in [0.2, 0.25) is 5.91 Å². The van der Waals surface area contributed by atoms with E-state index in [2.05, 4.69) is 80.8 Å². The summed E-state index contributed by atoms with van der Waals surface area (Å²) in [6, 6.07) is -0.923. The molecular weight excluding hydrogens is 868 g/mol. The molecule has 0 radical (unpaired) electrons. The van der Waals surface area contributed by atoms with Crippen LogP contribution in [0.5, 0.6) is 0 Å². The summed E-state index contributed by atoms with van der Waals surface area (Å²) in [5, 5.41) is 2.99. The molecule has 9 nitrogen and oxygen atoms in total. The zero-order chi connectivity index (χ0) is 50.1. The highest BCUT2D eigenvalue weighted by atomic mass is 31.2. The molecule has 0 saturated heterocycles. The van der Waals surface area contributed by atoms with Gasteiger partial charge in [-0.15, -0.1) is 0 Å². The summed E-state index contributed by atoms with van der Waals surface area (Å²) in [5.41, 5.74) is 0. The summed E-state index contributed by atoms with van der Waals surface area (Å²) < 4.78 is 30.1. The second-order valence-electron chi connectivity index (χ2n) is 19.7. The van der Waals surface area contributed by atoms with E-state index < -0.39 is 32.5 Å². The fraction of sp³-hybridized carbons (Fsp3) is 0.759. The van der Waals surface area contributed by atoms with Gasteiger partial charge in [0.25, 0.3) is 7.82 Å². The fourth-order valence-corrected chi connectivity index (χ4v) is 8.24. The van der Waals surface area contributed by atoms with Gasteiger partial charge in [0, 0.05) is 12.8 Å². The number of likely N-dealkylation sites (N-methyl/N-ethyl adjacent to an activating group) is 1. The first kappa shape index (κ1) is 65.5. The van der Waals surface area contributed by atoms with Crippen LogP contribution >= 0.6 is 7.82 Å².